The molecule has 2 aliphatic rings. The van der Waals surface area contributed by atoms with Crippen LogP contribution in [0.15, 0.2) is 0 Å². The largest absolute Gasteiger partial charge is 0.384 e. The van der Waals surface area contributed by atoms with Gasteiger partial charge in [-0.15, -0.1) is 0 Å². The van der Waals surface area contributed by atoms with Gasteiger partial charge in [-0.2, -0.15) is 5.10 Å². The maximum absolute atomic E-state index is 11.7. The van der Waals surface area contributed by atoms with Crippen molar-refractivity contribution in [1.82, 2.24) is 9.78 Å². The highest BCUT2D eigenvalue weighted by molar-refractivity contribution is 7.91. The van der Waals surface area contributed by atoms with Crippen LogP contribution in [0.2, 0.25) is 0 Å². The van der Waals surface area contributed by atoms with Gasteiger partial charge in [0.1, 0.15) is 5.82 Å². The second kappa shape index (κ2) is 5.30. The van der Waals surface area contributed by atoms with Crippen LogP contribution in [0.3, 0.4) is 0 Å². The van der Waals surface area contributed by atoms with Crippen LogP contribution in [0, 0.1) is 5.92 Å². The van der Waals surface area contributed by atoms with Gasteiger partial charge in [0.2, 0.25) is 0 Å². The molecule has 1 aliphatic carbocycles. The number of hydrogen-bond donors (Lipinski definition) is 1. The SMILES string of the molecule is CC(C)c1c(CC2CCC2)nn(C2CCS(=O)(=O)C2)c1N. The fraction of sp³-hybridized carbons (Fsp3) is 0.800. The van der Waals surface area contributed by atoms with Crippen LogP contribution in [0.4, 0.5) is 5.82 Å². The van der Waals surface area contributed by atoms with Crippen molar-refractivity contribution in [1.29, 1.82) is 0 Å². The third-order valence-corrected chi connectivity index (χ3v) is 6.65. The van der Waals surface area contributed by atoms with Gasteiger partial charge in [-0.25, -0.2) is 13.1 Å². The first-order chi connectivity index (χ1) is 9.87. The molecule has 1 saturated carbocycles. The van der Waals surface area contributed by atoms with E-state index in [0.29, 0.717) is 18.2 Å². The highest BCUT2D eigenvalue weighted by Gasteiger charge is 2.33. The van der Waals surface area contributed by atoms with Crippen molar-refractivity contribution in [3.05, 3.63) is 11.3 Å². The number of hydrogen-bond acceptors (Lipinski definition) is 4. The van der Waals surface area contributed by atoms with Gasteiger partial charge in [0.05, 0.1) is 23.2 Å². The first-order valence-electron chi connectivity index (χ1n) is 7.94. The second-order valence-electron chi connectivity index (χ2n) is 6.90. The van der Waals surface area contributed by atoms with Crippen LogP contribution >= 0.6 is 0 Å². The molecule has 0 amide bonds. The first kappa shape index (κ1) is 14.9. The molecule has 0 spiro atoms. The Kier molecular flexibility index (Phi) is 3.76. The van der Waals surface area contributed by atoms with Crippen LogP contribution in [-0.4, -0.2) is 29.7 Å². The van der Waals surface area contributed by atoms with Gasteiger partial charge in [-0.05, 0) is 24.7 Å². The molecule has 0 radical (unpaired) electrons. The molecule has 1 atom stereocenters. The van der Waals surface area contributed by atoms with E-state index in [2.05, 4.69) is 13.8 Å². The van der Waals surface area contributed by atoms with Gasteiger partial charge in [-0.1, -0.05) is 33.1 Å². The predicted octanol–water partition coefficient (Wildman–Crippen LogP) is 2.29. The van der Waals surface area contributed by atoms with Crippen LogP contribution in [0.5, 0.6) is 0 Å². The van der Waals surface area contributed by atoms with Gasteiger partial charge in [0.15, 0.2) is 9.84 Å². The first-order valence-corrected chi connectivity index (χ1v) is 9.76. The van der Waals surface area contributed by atoms with Crippen molar-refractivity contribution in [2.24, 2.45) is 5.92 Å². The van der Waals surface area contributed by atoms with E-state index in [-0.39, 0.29) is 17.5 Å². The average Bonchev–Trinajstić information content (AvgIpc) is 2.84. The Balaban J connectivity index is 1.92. The van der Waals surface area contributed by atoms with Gasteiger partial charge in [0, 0.05) is 5.56 Å². The van der Waals surface area contributed by atoms with Crippen molar-refractivity contribution >= 4 is 15.7 Å². The number of sulfone groups is 1. The summed E-state index contributed by atoms with van der Waals surface area (Å²) in [5.41, 5.74) is 8.54. The van der Waals surface area contributed by atoms with E-state index in [1.54, 1.807) is 4.68 Å². The third-order valence-electron chi connectivity index (χ3n) is 4.90. The number of anilines is 1. The molecule has 1 unspecified atom stereocenters. The lowest BCUT2D eigenvalue weighted by atomic mass is 9.81. The van der Waals surface area contributed by atoms with E-state index in [9.17, 15) is 8.42 Å². The number of nitrogen functional groups attached to an aromatic ring is 1. The van der Waals surface area contributed by atoms with E-state index in [4.69, 9.17) is 10.8 Å². The van der Waals surface area contributed by atoms with Gasteiger partial charge in [0.25, 0.3) is 0 Å². The molecular weight excluding hydrogens is 286 g/mol. The molecule has 5 nitrogen and oxygen atoms in total. The highest BCUT2D eigenvalue weighted by atomic mass is 32.2. The van der Waals surface area contributed by atoms with Gasteiger partial charge < -0.3 is 5.73 Å². The predicted molar refractivity (Wildman–Crippen MR) is 84.1 cm³/mol. The smallest absolute Gasteiger partial charge is 0.152 e. The quantitative estimate of drug-likeness (QED) is 0.925. The monoisotopic (exact) mass is 311 g/mol. The van der Waals surface area contributed by atoms with Crippen LogP contribution in [-0.2, 0) is 16.3 Å². The minimum absolute atomic E-state index is 0.0809. The molecule has 3 rings (SSSR count). The average molecular weight is 311 g/mol. The molecule has 1 aliphatic heterocycles. The lowest BCUT2D eigenvalue weighted by Gasteiger charge is -2.25. The van der Waals surface area contributed by atoms with E-state index >= 15 is 0 Å². The standard InChI is InChI=1S/C15H25N3O2S/c1-10(2)14-13(8-11-4-3-5-11)17-18(15(14)16)12-6-7-21(19,20)9-12/h10-12H,3-9,16H2,1-2H3. The van der Waals surface area contributed by atoms with Crippen LogP contribution in [0.25, 0.3) is 0 Å². The Morgan fingerprint density at radius 2 is 2.05 bits per heavy atom. The highest BCUT2D eigenvalue weighted by Crippen LogP contribution is 2.36. The summed E-state index contributed by atoms with van der Waals surface area (Å²) < 4.78 is 25.2. The van der Waals surface area contributed by atoms with Crippen molar-refractivity contribution in [3.63, 3.8) is 0 Å². The molecule has 1 aromatic rings. The second-order valence-corrected chi connectivity index (χ2v) is 9.13. The summed E-state index contributed by atoms with van der Waals surface area (Å²) in [5, 5.41) is 4.73. The number of aromatic nitrogens is 2. The maximum atomic E-state index is 11.7. The summed E-state index contributed by atoms with van der Waals surface area (Å²) in [6, 6.07) is -0.0809. The summed E-state index contributed by atoms with van der Waals surface area (Å²) in [4.78, 5) is 0. The van der Waals surface area contributed by atoms with E-state index in [1.165, 1.54) is 19.3 Å². The lowest BCUT2D eigenvalue weighted by Crippen LogP contribution is -2.16. The van der Waals surface area contributed by atoms with E-state index in [0.717, 1.165) is 23.6 Å². The molecule has 0 aromatic carbocycles. The number of nitrogens with two attached hydrogens (primary N) is 1. The summed E-state index contributed by atoms with van der Waals surface area (Å²) in [7, 11) is -2.92. The van der Waals surface area contributed by atoms with Crippen LogP contribution in [0.1, 0.15) is 62.7 Å². The lowest BCUT2D eigenvalue weighted by molar-refractivity contribution is 0.309. The zero-order valence-corrected chi connectivity index (χ0v) is 13.7. The Bertz CT molecular complexity index is 630. The number of rotatable bonds is 4. The topological polar surface area (TPSA) is 78.0 Å². The van der Waals surface area contributed by atoms with Gasteiger partial charge in [-0.3, -0.25) is 0 Å². The van der Waals surface area contributed by atoms with E-state index in [1.807, 2.05) is 0 Å². The molecule has 0 bridgehead atoms. The Hall–Kier alpha value is -1.04. The molecule has 2 heterocycles. The summed E-state index contributed by atoms with van der Waals surface area (Å²) in [5.74, 6) is 2.18. The molecule has 2 fully saturated rings. The molecular formula is C15H25N3O2S. The summed E-state index contributed by atoms with van der Waals surface area (Å²) in [6.45, 7) is 4.26. The molecule has 6 heteroatoms. The van der Waals surface area contributed by atoms with Gasteiger partial charge >= 0.3 is 0 Å². The summed E-state index contributed by atoms with van der Waals surface area (Å²) >= 11 is 0. The fourth-order valence-corrected chi connectivity index (χ4v) is 5.20. The summed E-state index contributed by atoms with van der Waals surface area (Å²) in [6.07, 6.45) is 5.50. The number of nitrogens with zero attached hydrogens (tertiary/aromatic N) is 2. The Labute approximate surface area is 126 Å². The zero-order chi connectivity index (χ0) is 15.2. The molecule has 1 saturated heterocycles. The van der Waals surface area contributed by atoms with Crippen LogP contribution < -0.4 is 5.73 Å². The van der Waals surface area contributed by atoms with Crippen molar-refractivity contribution in [3.8, 4) is 0 Å². The molecule has 21 heavy (non-hydrogen) atoms. The zero-order valence-electron chi connectivity index (χ0n) is 12.9. The third kappa shape index (κ3) is 2.82. The molecule has 118 valence electrons. The van der Waals surface area contributed by atoms with E-state index < -0.39 is 9.84 Å². The molecule has 2 N–H and O–H groups in total. The minimum Gasteiger partial charge on any atom is -0.384 e. The Morgan fingerprint density at radius 1 is 1.33 bits per heavy atom. The van der Waals surface area contributed by atoms with Crippen molar-refractivity contribution in [2.75, 3.05) is 17.2 Å². The maximum Gasteiger partial charge on any atom is 0.152 e. The molecule has 1 aromatic heterocycles. The normalized spacial score (nSPS) is 25.4. The fourth-order valence-electron chi connectivity index (χ4n) is 3.51. The van der Waals surface area contributed by atoms with Crippen molar-refractivity contribution in [2.45, 2.75) is 57.9 Å². The minimum atomic E-state index is -2.92. The van der Waals surface area contributed by atoms with Crippen molar-refractivity contribution < 1.29 is 8.42 Å². The Morgan fingerprint density at radius 3 is 2.52 bits per heavy atom.